The Morgan fingerprint density at radius 3 is 2.20 bits per heavy atom. The zero-order valence-electron chi connectivity index (χ0n) is 12.1. The number of rotatable bonds is 5. The van der Waals surface area contributed by atoms with Crippen LogP contribution in [0.2, 0.25) is 0 Å². The molecule has 1 aromatic carbocycles. The lowest BCUT2D eigenvalue weighted by molar-refractivity contribution is 0.0696. The SMILES string of the molecule is CCN(CC)c1ccc(-n2ccc(C(=O)O)c2C)cc1. The Hall–Kier alpha value is -2.23. The average Bonchev–Trinajstić information content (AvgIpc) is 2.83. The maximum Gasteiger partial charge on any atom is 0.337 e. The molecule has 0 bridgehead atoms. The summed E-state index contributed by atoms with van der Waals surface area (Å²) in [4.78, 5) is 13.3. The highest BCUT2D eigenvalue weighted by Gasteiger charge is 2.12. The van der Waals surface area contributed by atoms with Gasteiger partial charge in [-0.3, -0.25) is 0 Å². The van der Waals surface area contributed by atoms with E-state index in [0.717, 1.165) is 24.5 Å². The van der Waals surface area contributed by atoms with Gasteiger partial charge in [0.05, 0.1) is 5.56 Å². The van der Waals surface area contributed by atoms with Gasteiger partial charge in [0, 0.05) is 36.4 Å². The Morgan fingerprint density at radius 1 is 1.15 bits per heavy atom. The fraction of sp³-hybridized carbons (Fsp3) is 0.312. The molecule has 4 nitrogen and oxygen atoms in total. The maximum absolute atomic E-state index is 11.1. The second-order valence-electron chi connectivity index (χ2n) is 4.68. The van der Waals surface area contributed by atoms with Gasteiger partial charge in [-0.15, -0.1) is 0 Å². The topological polar surface area (TPSA) is 45.5 Å². The Bertz CT molecular complexity index is 595. The Labute approximate surface area is 119 Å². The summed E-state index contributed by atoms with van der Waals surface area (Å²) in [6, 6.07) is 9.82. The third-order valence-electron chi connectivity index (χ3n) is 3.63. The average molecular weight is 272 g/mol. The number of aromatic carboxylic acids is 1. The van der Waals surface area contributed by atoms with Crippen molar-refractivity contribution in [2.75, 3.05) is 18.0 Å². The second-order valence-corrected chi connectivity index (χ2v) is 4.68. The van der Waals surface area contributed by atoms with Crippen LogP contribution in [0.4, 0.5) is 5.69 Å². The molecule has 0 aliphatic rings. The lowest BCUT2D eigenvalue weighted by atomic mass is 10.2. The van der Waals surface area contributed by atoms with Crippen LogP contribution >= 0.6 is 0 Å². The Balaban J connectivity index is 2.33. The largest absolute Gasteiger partial charge is 0.478 e. The first-order valence-electron chi connectivity index (χ1n) is 6.85. The molecule has 0 atom stereocenters. The van der Waals surface area contributed by atoms with Crippen LogP contribution < -0.4 is 4.90 Å². The van der Waals surface area contributed by atoms with Crippen LogP contribution in [0.25, 0.3) is 5.69 Å². The summed E-state index contributed by atoms with van der Waals surface area (Å²) < 4.78 is 1.90. The van der Waals surface area contributed by atoms with Crippen molar-refractivity contribution in [2.45, 2.75) is 20.8 Å². The molecule has 2 aromatic rings. The molecule has 0 amide bonds. The molecule has 0 radical (unpaired) electrons. The van der Waals surface area contributed by atoms with E-state index in [0.29, 0.717) is 5.56 Å². The van der Waals surface area contributed by atoms with Crippen molar-refractivity contribution in [3.05, 3.63) is 47.8 Å². The van der Waals surface area contributed by atoms with Gasteiger partial charge in [-0.1, -0.05) is 0 Å². The van der Waals surface area contributed by atoms with Crippen LogP contribution in [-0.2, 0) is 0 Å². The molecular formula is C16H20N2O2. The highest BCUT2D eigenvalue weighted by Crippen LogP contribution is 2.20. The van der Waals surface area contributed by atoms with Crippen molar-refractivity contribution in [1.82, 2.24) is 4.57 Å². The number of aromatic nitrogens is 1. The first-order chi connectivity index (χ1) is 9.58. The molecular weight excluding hydrogens is 252 g/mol. The third-order valence-corrected chi connectivity index (χ3v) is 3.63. The monoisotopic (exact) mass is 272 g/mol. The minimum absolute atomic E-state index is 0.345. The molecule has 0 fully saturated rings. The molecule has 0 aliphatic carbocycles. The number of nitrogens with zero attached hydrogens (tertiary/aromatic N) is 2. The van der Waals surface area contributed by atoms with Crippen molar-refractivity contribution < 1.29 is 9.90 Å². The van der Waals surface area contributed by atoms with Gasteiger partial charge in [0.1, 0.15) is 0 Å². The van der Waals surface area contributed by atoms with E-state index >= 15 is 0 Å². The van der Waals surface area contributed by atoms with Crippen molar-refractivity contribution in [3.8, 4) is 5.69 Å². The van der Waals surface area contributed by atoms with E-state index in [9.17, 15) is 4.79 Å². The first-order valence-corrected chi connectivity index (χ1v) is 6.85. The summed E-state index contributed by atoms with van der Waals surface area (Å²) in [6.45, 7) is 8.03. The number of benzene rings is 1. The van der Waals surface area contributed by atoms with Crippen LogP contribution in [0.15, 0.2) is 36.5 Å². The molecule has 106 valence electrons. The lowest BCUT2D eigenvalue weighted by Gasteiger charge is -2.21. The summed E-state index contributed by atoms with van der Waals surface area (Å²) in [7, 11) is 0. The highest BCUT2D eigenvalue weighted by molar-refractivity contribution is 5.89. The fourth-order valence-corrected chi connectivity index (χ4v) is 2.43. The van der Waals surface area contributed by atoms with Gasteiger partial charge >= 0.3 is 5.97 Å². The molecule has 0 spiro atoms. The van der Waals surface area contributed by atoms with Crippen LogP contribution in [0, 0.1) is 6.92 Å². The number of hydrogen-bond acceptors (Lipinski definition) is 2. The molecule has 1 N–H and O–H groups in total. The number of carbonyl (C=O) groups is 1. The van der Waals surface area contributed by atoms with Crippen LogP contribution in [-0.4, -0.2) is 28.7 Å². The first kappa shape index (κ1) is 14.2. The summed E-state index contributed by atoms with van der Waals surface area (Å²) in [5.74, 6) is -0.888. The summed E-state index contributed by atoms with van der Waals surface area (Å²) in [5.41, 5.74) is 3.25. The van der Waals surface area contributed by atoms with Gasteiger partial charge in [0.2, 0.25) is 0 Å². The van der Waals surface area contributed by atoms with Crippen molar-refractivity contribution in [2.24, 2.45) is 0 Å². The van der Waals surface area contributed by atoms with E-state index in [2.05, 4.69) is 30.9 Å². The molecule has 0 saturated heterocycles. The standard InChI is InChI=1S/C16H20N2O2/c1-4-17(5-2)13-6-8-14(9-7-13)18-11-10-15(12(18)3)16(19)20/h6-11H,4-5H2,1-3H3,(H,19,20). The van der Waals surface area contributed by atoms with E-state index in [1.54, 1.807) is 12.3 Å². The van der Waals surface area contributed by atoms with E-state index < -0.39 is 5.97 Å². The minimum Gasteiger partial charge on any atom is -0.478 e. The maximum atomic E-state index is 11.1. The Kier molecular flexibility index (Phi) is 4.13. The molecule has 0 unspecified atom stereocenters. The number of hydrogen-bond donors (Lipinski definition) is 1. The van der Waals surface area contributed by atoms with Gasteiger partial charge < -0.3 is 14.6 Å². The number of anilines is 1. The van der Waals surface area contributed by atoms with Crippen LogP contribution in [0.3, 0.4) is 0 Å². The van der Waals surface area contributed by atoms with Gasteiger partial charge in [0.15, 0.2) is 0 Å². The van der Waals surface area contributed by atoms with E-state index in [-0.39, 0.29) is 0 Å². The highest BCUT2D eigenvalue weighted by atomic mass is 16.4. The summed E-state index contributed by atoms with van der Waals surface area (Å²) >= 11 is 0. The van der Waals surface area contributed by atoms with Crippen LogP contribution in [0.1, 0.15) is 29.9 Å². The molecule has 1 aromatic heterocycles. The predicted molar refractivity (Wildman–Crippen MR) is 81.0 cm³/mol. The molecule has 2 rings (SSSR count). The molecule has 0 saturated carbocycles. The lowest BCUT2D eigenvalue weighted by Crippen LogP contribution is -2.21. The third kappa shape index (κ3) is 2.54. The zero-order chi connectivity index (χ0) is 14.7. The van der Waals surface area contributed by atoms with Crippen molar-refractivity contribution in [1.29, 1.82) is 0 Å². The molecule has 1 heterocycles. The minimum atomic E-state index is -0.888. The van der Waals surface area contributed by atoms with E-state index in [1.165, 1.54) is 5.69 Å². The molecule has 0 aliphatic heterocycles. The smallest absolute Gasteiger partial charge is 0.337 e. The predicted octanol–water partition coefficient (Wildman–Crippen LogP) is 3.33. The van der Waals surface area contributed by atoms with Gasteiger partial charge in [-0.2, -0.15) is 0 Å². The summed E-state index contributed by atoms with van der Waals surface area (Å²) in [6.07, 6.45) is 1.80. The number of carboxylic acid groups (broad SMARTS) is 1. The summed E-state index contributed by atoms with van der Waals surface area (Å²) in [5, 5.41) is 9.09. The zero-order valence-corrected chi connectivity index (χ0v) is 12.1. The Morgan fingerprint density at radius 2 is 1.75 bits per heavy atom. The van der Waals surface area contributed by atoms with Crippen LogP contribution in [0.5, 0.6) is 0 Å². The second kappa shape index (κ2) is 5.82. The fourth-order valence-electron chi connectivity index (χ4n) is 2.43. The number of carboxylic acids is 1. The molecule has 4 heteroatoms. The van der Waals surface area contributed by atoms with Crippen molar-refractivity contribution in [3.63, 3.8) is 0 Å². The quantitative estimate of drug-likeness (QED) is 0.908. The van der Waals surface area contributed by atoms with E-state index in [4.69, 9.17) is 5.11 Å². The van der Waals surface area contributed by atoms with Crippen molar-refractivity contribution >= 4 is 11.7 Å². The van der Waals surface area contributed by atoms with E-state index in [1.807, 2.05) is 23.6 Å². The molecule has 20 heavy (non-hydrogen) atoms. The normalized spacial score (nSPS) is 10.6. The van der Waals surface area contributed by atoms with Gasteiger partial charge in [-0.05, 0) is 51.1 Å². The van der Waals surface area contributed by atoms with Gasteiger partial charge in [0.25, 0.3) is 0 Å². The van der Waals surface area contributed by atoms with Gasteiger partial charge in [-0.25, -0.2) is 4.79 Å².